The second-order valence-electron chi connectivity index (χ2n) is 10.7. The highest BCUT2D eigenvalue weighted by Gasteiger charge is 2.40. The van der Waals surface area contributed by atoms with Gasteiger partial charge >= 0.3 is 0 Å². The molecule has 2 unspecified atom stereocenters. The fraction of sp³-hybridized carbons (Fsp3) is 0.533. The Morgan fingerprint density at radius 3 is 2.35 bits per heavy atom. The van der Waals surface area contributed by atoms with Gasteiger partial charge in [-0.1, -0.05) is 48.5 Å². The Morgan fingerprint density at radius 1 is 0.912 bits per heavy atom. The van der Waals surface area contributed by atoms with Gasteiger partial charge in [0.1, 0.15) is 0 Å². The first-order valence-electron chi connectivity index (χ1n) is 13.4. The van der Waals surface area contributed by atoms with E-state index >= 15 is 0 Å². The van der Waals surface area contributed by atoms with Crippen LogP contribution in [0.2, 0.25) is 5.02 Å². The molecule has 3 nitrogen and oxygen atoms in total. The molecule has 2 aromatic rings. The number of piperidine rings is 2. The summed E-state index contributed by atoms with van der Waals surface area (Å²) in [5, 5.41) is 4.62. The molecule has 5 rings (SSSR count). The molecular weight excluding hydrogens is 438 g/mol. The highest BCUT2D eigenvalue weighted by molar-refractivity contribution is 6.30. The van der Waals surface area contributed by atoms with Gasteiger partial charge in [0.15, 0.2) is 0 Å². The molecule has 4 heteroatoms. The van der Waals surface area contributed by atoms with Crippen molar-refractivity contribution in [1.82, 2.24) is 10.2 Å². The lowest BCUT2D eigenvalue weighted by atomic mass is 9.89. The van der Waals surface area contributed by atoms with E-state index in [4.69, 9.17) is 11.6 Å². The lowest BCUT2D eigenvalue weighted by Gasteiger charge is -2.45. The predicted octanol–water partition coefficient (Wildman–Crippen LogP) is 7.03. The zero-order valence-corrected chi connectivity index (χ0v) is 21.2. The average molecular weight is 478 g/mol. The molecule has 0 radical (unpaired) electrons. The average Bonchev–Trinajstić information content (AvgIpc) is 3.71. The van der Waals surface area contributed by atoms with Crippen LogP contribution < -0.4 is 10.2 Å². The summed E-state index contributed by atoms with van der Waals surface area (Å²) in [5.74, 6) is 0.890. The molecule has 1 saturated carbocycles. The van der Waals surface area contributed by atoms with Gasteiger partial charge in [0.05, 0.1) is 0 Å². The monoisotopic (exact) mass is 477 g/mol. The number of likely N-dealkylation sites (tertiary alicyclic amines) is 1. The van der Waals surface area contributed by atoms with Gasteiger partial charge in [0.25, 0.3) is 0 Å². The molecule has 2 aromatic carbocycles. The third-order valence-electron chi connectivity index (χ3n) is 8.10. The number of nitrogens with one attached hydrogen (secondary N) is 1. The first kappa shape index (κ1) is 23.8. The van der Waals surface area contributed by atoms with Crippen LogP contribution in [0.15, 0.2) is 66.9 Å². The maximum Gasteiger partial charge on any atom is 0.0407 e. The maximum atomic E-state index is 6.20. The molecule has 0 amide bonds. The molecule has 0 aromatic heterocycles. The number of allylic oxidation sites excluding steroid dienone is 1. The summed E-state index contributed by atoms with van der Waals surface area (Å²) in [6.45, 7) is 7.83. The van der Waals surface area contributed by atoms with E-state index in [0.717, 1.165) is 37.0 Å². The molecule has 2 atom stereocenters. The van der Waals surface area contributed by atoms with Gasteiger partial charge in [-0.05, 0) is 93.5 Å². The number of halogens is 1. The molecular formula is C30H40ClN3. The summed E-state index contributed by atoms with van der Waals surface area (Å²) in [6, 6.07) is 21.3. The lowest BCUT2D eigenvalue weighted by Crippen LogP contribution is -2.48. The quantitative estimate of drug-likeness (QED) is 0.418. The van der Waals surface area contributed by atoms with E-state index in [2.05, 4.69) is 76.3 Å². The molecule has 2 heterocycles. The highest BCUT2D eigenvalue weighted by atomic mass is 35.5. The van der Waals surface area contributed by atoms with Gasteiger partial charge in [-0.2, -0.15) is 0 Å². The molecule has 2 aliphatic heterocycles. The molecule has 0 bridgehead atoms. The molecule has 1 N–H and O–H groups in total. The van der Waals surface area contributed by atoms with Crippen LogP contribution >= 0.6 is 11.6 Å². The SMILES string of the molecule is C=C(CCC1CCCC(C2CC2)N1c1ccc(Cl)cc1)NC1CCN(Cc2ccccc2)CC1. The van der Waals surface area contributed by atoms with E-state index in [1.54, 1.807) is 0 Å². The van der Waals surface area contributed by atoms with Crippen molar-refractivity contribution in [2.24, 2.45) is 5.92 Å². The summed E-state index contributed by atoms with van der Waals surface area (Å²) in [6.07, 6.45) is 11.4. The van der Waals surface area contributed by atoms with Crippen LogP contribution in [0.3, 0.4) is 0 Å². The Kier molecular flexibility index (Phi) is 7.81. The third kappa shape index (κ3) is 6.17. The van der Waals surface area contributed by atoms with Crippen molar-refractivity contribution in [2.75, 3.05) is 18.0 Å². The number of anilines is 1. The van der Waals surface area contributed by atoms with Crippen LogP contribution in [0, 0.1) is 5.92 Å². The Hall–Kier alpha value is -1.97. The molecule has 2 saturated heterocycles. The van der Waals surface area contributed by atoms with Crippen LogP contribution in [-0.4, -0.2) is 36.1 Å². The molecule has 0 spiro atoms. The van der Waals surface area contributed by atoms with E-state index in [1.165, 1.54) is 68.3 Å². The summed E-state index contributed by atoms with van der Waals surface area (Å²) in [4.78, 5) is 5.34. The minimum absolute atomic E-state index is 0.567. The van der Waals surface area contributed by atoms with Gasteiger partial charge in [0.2, 0.25) is 0 Å². The minimum Gasteiger partial charge on any atom is -0.386 e. The van der Waals surface area contributed by atoms with Crippen LogP contribution in [0.1, 0.15) is 63.4 Å². The van der Waals surface area contributed by atoms with Gasteiger partial charge in [0, 0.05) is 54.2 Å². The molecule has 34 heavy (non-hydrogen) atoms. The van der Waals surface area contributed by atoms with Gasteiger partial charge in [-0.25, -0.2) is 0 Å². The summed E-state index contributed by atoms with van der Waals surface area (Å²) in [7, 11) is 0. The fourth-order valence-corrected chi connectivity index (χ4v) is 6.26. The molecule has 182 valence electrons. The van der Waals surface area contributed by atoms with E-state index in [9.17, 15) is 0 Å². The number of hydrogen-bond donors (Lipinski definition) is 1. The Balaban J connectivity index is 1.11. The van der Waals surface area contributed by atoms with Gasteiger partial charge in [-0.3, -0.25) is 4.90 Å². The van der Waals surface area contributed by atoms with Crippen molar-refractivity contribution in [1.29, 1.82) is 0 Å². The highest BCUT2D eigenvalue weighted by Crippen LogP contribution is 2.44. The first-order chi connectivity index (χ1) is 16.7. The maximum absolute atomic E-state index is 6.20. The van der Waals surface area contributed by atoms with Crippen LogP contribution in [0.4, 0.5) is 5.69 Å². The van der Waals surface area contributed by atoms with Crippen molar-refractivity contribution in [3.05, 3.63) is 77.5 Å². The first-order valence-corrected chi connectivity index (χ1v) is 13.8. The largest absolute Gasteiger partial charge is 0.386 e. The van der Waals surface area contributed by atoms with Crippen molar-refractivity contribution in [3.63, 3.8) is 0 Å². The van der Waals surface area contributed by atoms with Gasteiger partial charge < -0.3 is 10.2 Å². The summed E-state index contributed by atoms with van der Waals surface area (Å²) < 4.78 is 0. The topological polar surface area (TPSA) is 18.5 Å². The van der Waals surface area contributed by atoms with Crippen molar-refractivity contribution in [2.45, 2.75) is 82.5 Å². The normalized spacial score (nSPS) is 24.2. The van der Waals surface area contributed by atoms with E-state index < -0.39 is 0 Å². The fourth-order valence-electron chi connectivity index (χ4n) is 6.13. The van der Waals surface area contributed by atoms with Crippen LogP contribution in [-0.2, 0) is 6.54 Å². The van der Waals surface area contributed by atoms with Crippen molar-refractivity contribution < 1.29 is 0 Å². The van der Waals surface area contributed by atoms with Crippen LogP contribution in [0.25, 0.3) is 0 Å². The molecule has 3 aliphatic rings. The van der Waals surface area contributed by atoms with E-state index in [1.807, 2.05) is 0 Å². The summed E-state index contributed by atoms with van der Waals surface area (Å²) >= 11 is 6.20. The standard InChI is InChI=1S/C30H40ClN3/c1-23(32-27-18-20-33(21-19-27)22-24-6-3-2-4-7-24)10-15-28-8-5-9-30(25-11-12-25)34(28)29-16-13-26(31)14-17-29/h2-4,6-7,13-14,16-17,25,27-28,30,32H,1,5,8-12,15,18-22H2. The zero-order chi connectivity index (χ0) is 23.3. The third-order valence-corrected chi connectivity index (χ3v) is 8.36. The Bertz CT molecular complexity index is 916. The van der Waals surface area contributed by atoms with Crippen molar-refractivity contribution >= 4 is 17.3 Å². The Labute approximate surface area is 211 Å². The van der Waals surface area contributed by atoms with Crippen molar-refractivity contribution in [3.8, 4) is 0 Å². The lowest BCUT2D eigenvalue weighted by molar-refractivity contribution is 0.194. The molecule has 1 aliphatic carbocycles. The minimum atomic E-state index is 0.567. The summed E-state index contributed by atoms with van der Waals surface area (Å²) in [5.41, 5.74) is 4.00. The van der Waals surface area contributed by atoms with Gasteiger partial charge in [-0.15, -0.1) is 0 Å². The second kappa shape index (κ2) is 11.2. The predicted molar refractivity (Wildman–Crippen MR) is 144 cm³/mol. The number of nitrogens with zero attached hydrogens (tertiary/aromatic N) is 2. The number of rotatable bonds is 9. The zero-order valence-electron chi connectivity index (χ0n) is 20.5. The second-order valence-corrected chi connectivity index (χ2v) is 11.1. The van der Waals surface area contributed by atoms with E-state index in [-0.39, 0.29) is 0 Å². The molecule has 3 fully saturated rings. The smallest absolute Gasteiger partial charge is 0.0407 e. The number of hydrogen-bond acceptors (Lipinski definition) is 3. The van der Waals surface area contributed by atoms with E-state index in [0.29, 0.717) is 18.1 Å². The Morgan fingerprint density at radius 2 is 1.65 bits per heavy atom. The van der Waals surface area contributed by atoms with Crippen LogP contribution in [0.5, 0.6) is 0 Å². The number of benzene rings is 2.